The number of carbonyl (C=O) groups excluding carboxylic acids is 2. The van der Waals surface area contributed by atoms with Gasteiger partial charge in [0.2, 0.25) is 5.91 Å². The van der Waals surface area contributed by atoms with Gasteiger partial charge in [-0.2, -0.15) is 0 Å². The van der Waals surface area contributed by atoms with E-state index in [0.717, 1.165) is 64.0 Å². The maximum atomic E-state index is 13.2. The van der Waals surface area contributed by atoms with Crippen molar-refractivity contribution in [3.05, 3.63) is 0 Å². The second kappa shape index (κ2) is 8.03. The van der Waals surface area contributed by atoms with Gasteiger partial charge in [0.05, 0.1) is 0 Å². The Kier molecular flexibility index (Phi) is 5.66. The zero-order valence-corrected chi connectivity index (χ0v) is 17.4. The van der Waals surface area contributed by atoms with Gasteiger partial charge in [0.25, 0.3) is 5.91 Å². The van der Waals surface area contributed by atoms with Crippen LogP contribution in [0.2, 0.25) is 0 Å². The van der Waals surface area contributed by atoms with Crippen molar-refractivity contribution < 1.29 is 9.59 Å². The summed E-state index contributed by atoms with van der Waals surface area (Å²) in [5, 5.41) is 0. The number of hydrogen-bond donors (Lipinski definition) is 1. The maximum Gasteiger partial charge on any atom is 0.257 e. The zero-order chi connectivity index (χ0) is 19.7. The Morgan fingerprint density at radius 3 is 2.46 bits per heavy atom. The van der Waals surface area contributed by atoms with Gasteiger partial charge in [0, 0.05) is 26.1 Å². The number of aliphatic imine (C=N–C) groups is 1. The monoisotopic (exact) mass is 388 g/mol. The Morgan fingerprint density at radius 1 is 1.11 bits per heavy atom. The van der Waals surface area contributed by atoms with Gasteiger partial charge >= 0.3 is 0 Å². The van der Waals surface area contributed by atoms with Crippen molar-refractivity contribution in [2.75, 3.05) is 20.1 Å². The van der Waals surface area contributed by atoms with Gasteiger partial charge in [-0.25, -0.2) is 4.99 Å². The molecule has 6 heteroatoms. The third-order valence-corrected chi connectivity index (χ3v) is 7.45. The maximum absolute atomic E-state index is 13.2. The molecule has 0 bridgehead atoms. The van der Waals surface area contributed by atoms with Crippen LogP contribution in [0.25, 0.3) is 0 Å². The van der Waals surface area contributed by atoms with E-state index in [1.807, 2.05) is 0 Å². The van der Waals surface area contributed by atoms with Crippen LogP contribution in [0.3, 0.4) is 0 Å². The predicted octanol–water partition coefficient (Wildman–Crippen LogP) is 2.91. The molecular formula is C22H36N4O2. The van der Waals surface area contributed by atoms with Crippen LogP contribution < -0.4 is 5.73 Å². The molecule has 2 atom stereocenters. The van der Waals surface area contributed by atoms with E-state index in [1.165, 1.54) is 37.0 Å². The van der Waals surface area contributed by atoms with E-state index in [9.17, 15) is 9.59 Å². The van der Waals surface area contributed by atoms with Crippen LogP contribution in [0.1, 0.15) is 77.0 Å². The normalized spacial score (nSPS) is 32.0. The average Bonchev–Trinajstić information content (AvgIpc) is 3.53. The summed E-state index contributed by atoms with van der Waals surface area (Å²) in [5.41, 5.74) is 5.37. The molecule has 2 aliphatic carbocycles. The summed E-state index contributed by atoms with van der Waals surface area (Å²) in [7, 11) is 1.74. The Labute approximate surface area is 168 Å². The Hall–Kier alpha value is -1.59. The SMILES string of the molecule is CN1C(=O)C(CCC2CCCCC2)(C[C@@H]2CCCN(C(=O)C3CC3)C2)N=C1N. The van der Waals surface area contributed by atoms with Crippen LogP contribution >= 0.6 is 0 Å². The highest BCUT2D eigenvalue weighted by molar-refractivity contribution is 6.06. The van der Waals surface area contributed by atoms with Gasteiger partial charge in [-0.1, -0.05) is 32.1 Å². The smallest absolute Gasteiger partial charge is 0.257 e. The topological polar surface area (TPSA) is 79.0 Å². The number of carbonyl (C=O) groups is 2. The number of nitrogens with zero attached hydrogens (tertiary/aromatic N) is 3. The van der Waals surface area contributed by atoms with Crippen LogP contribution in [0.15, 0.2) is 4.99 Å². The number of piperidine rings is 1. The lowest BCUT2D eigenvalue weighted by Crippen LogP contribution is -2.47. The first-order valence-electron chi connectivity index (χ1n) is 11.4. The van der Waals surface area contributed by atoms with E-state index in [0.29, 0.717) is 17.8 Å². The molecule has 0 aromatic carbocycles. The number of hydrogen-bond acceptors (Lipinski definition) is 4. The first-order valence-corrected chi connectivity index (χ1v) is 11.4. The molecule has 1 saturated heterocycles. The third kappa shape index (κ3) is 4.06. The third-order valence-electron chi connectivity index (χ3n) is 7.45. The molecule has 28 heavy (non-hydrogen) atoms. The summed E-state index contributed by atoms with van der Waals surface area (Å²) in [6.07, 6.45) is 13.4. The fourth-order valence-corrected chi connectivity index (χ4v) is 5.57. The van der Waals surface area contributed by atoms with Gasteiger partial charge < -0.3 is 10.6 Å². The molecule has 3 fully saturated rings. The van der Waals surface area contributed by atoms with Crippen molar-refractivity contribution in [1.82, 2.24) is 9.80 Å². The molecule has 2 aliphatic heterocycles. The summed E-state index contributed by atoms with van der Waals surface area (Å²) in [6, 6.07) is 0. The Balaban J connectivity index is 1.44. The largest absolute Gasteiger partial charge is 0.369 e. The van der Waals surface area contributed by atoms with Crippen LogP contribution in [-0.4, -0.2) is 53.2 Å². The summed E-state index contributed by atoms with van der Waals surface area (Å²) in [6.45, 7) is 1.66. The van der Waals surface area contributed by atoms with E-state index in [2.05, 4.69) is 4.90 Å². The molecule has 4 aliphatic rings. The van der Waals surface area contributed by atoms with Crippen LogP contribution in [-0.2, 0) is 9.59 Å². The molecule has 1 unspecified atom stereocenters. The minimum absolute atomic E-state index is 0.0615. The highest BCUT2D eigenvalue weighted by Gasteiger charge is 2.48. The van der Waals surface area contributed by atoms with Crippen LogP contribution in [0, 0.1) is 17.8 Å². The summed E-state index contributed by atoms with van der Waals surface area (Å²) >= 11 is 0. The van der Waals surface area contributed by atoms with E-state index in [1.54, 1.807) is 7.05 Å². The molecule has 6 nitrogen and oxygen atoms in total. The molecule has 0 aromatic heterocycles. The van der Waals surface area contributed by atoms with Gasteiger partial charge in [0.1, 0.15) is 5.54 Å². The lowest BCUT2D eigenvalue weighted by molar-refractivity contribution is -0.135. The van der Waals surface area contributed by atoms with Crippen molar-refractivity contribution in [3.8, 4) is 0 Å². The molecule has 2 saturated carbocycles. The summed E-state index contributed by atoms with van der Waals surface area (Å²) in [5.74, 6) is 2.09. The van der Waals surface area contributed by atoms with E-state index < -0.39 is 5.54 Å². The zero-order valence-electron chi connectivity index (χ0n) is 17.4. The molecule has 0 radical (unpaired) electrons. The van der Waals surface area contributed by atoms with Crippen molar-refractivity contribution >= 4 is 17.8 Å². The molecular weight excluding hydrogens is 352 g/mol. The predicted molar refractivity (Wildman–Crippen MR) is 110 cm³/mol. The van der Waals surface area contributed by atoms with E-state index in [4.69, 9.17) is 10.7 Å². The van der Waals surface area contributed by atoms with Gasteiger partial charge in [-0.3, -0.25) is 14.5 Å². The minimum Gasteiger partial charge on any atom is -0.369 e. The number of likely N-dealkylation sites (tertiary alicyclic amines) is 1. The van der Waals surface area contributed by atoms with Crippen LogP contribution in [0.5, 0.6) is 0 Å². The summed E-state index contributed by atoms with van der Waals surface area (Å²) in [4.78, 5) is 34.0. The highest BCUT2D eigenvalue weighted by Crippen LogP contribution is 2.39. The lowest BCUT2D eigenvalue weighted by atomic mass is 9.77. The molecule has 0 aromatic rings. The van der Waals surface area contributed by atoms with Crippen molar-refractivity contribution in [2.45, 2.75) is 82.6 Å². The summed E-state index contributed by atoms with van der Waals surface area (Å²) < 4.78 is 0. The molecule has 2 heterocycles. The quantitative estimate of drug-likeness (QED) is 0.760. The fraction of sp³-hybridized carbons (Fsp3) is 0.864. The first-order chi connectivity index (χ1) is 13.5. The molecule has 2 amide bonds. The number of rotatable bonds is 6. The molecule has 4 rings (SSSR count). The fourth-order valence-electron chi connectivity index (χ4n) is 5.57. The van der Waals surface area contributed by atoms with Gasteiger partial charge in [-0.05, 0) is 56.8 Å². The number of nitrogens with two attached hydrogens (primary N) is 1. The Morgan fingerprint density at radius 2 is 1.82 bits per heavy atom. The van der Waals surface area contributed by atoms with Gasteiger partial charge in [-0.15, -0.1) is 0 Å². The van der Waals surface area contributed by atoms with Crippen molar-refractivity contribution in [2.24, 2.45) is 28.5 Å². The lowest BCUT2D eigenvalue weighted by Gasteiger charge is -2.37. The highest BCUT2D eigenvalue weighted by atomic mass is 16.2. The van der Waals surface area contributed by atoms with Gasteiger partial charge in [0.15, 0.2) is 5.96 Å². The minimum atomic E-state index is -0.702. The number of likely N-dealkylation sites (N-methyl/N-ethyl adjacent to an activating group) is 1. The van der Waals surface area contributed by atoms with Crippen molar-refractivity contribution in [3.63, 3.8) is 0 Å². The second-order valence-corrected chi connectivity index (χ2v) is 9.68. The number of amides is 2. The van der Waals surface area contributed by atoms with E-state index >= 15 is 0 Å². The number of guanidine groups is 1. The van der Waals surface area contributed by atoms with Crippen LogP contribution in [0.4, 0.5) is 0 Å². The molecule has 156 valence electrons. The second-order valence-electron chi connectivity index (χ2n) is 9.68. The average molecular weight is 389 g/mol. The first kappa shape index (κ1) is 19.7. The van der Waals surface area contributed by atoms with E-state index in [-0.39, 0.29) is 11.8 Å². The molecule has 2 N–H and O–H groups in total. The standard InChI is InChI=1S/C22H36N4O2/c1-25-20(28)22(24-21(25)23,12-11-16-6-3-2-4-7-16)14-17-8-5-13-26(15-17)19(27)18-9-10-18/h16-18H,2-15H2,1H3,(H2,23,24)/t17-,22?/m0/s1. The Bertz CT molecular complexity index is 638. The molecule has 0 spiro atoms. The van der Waals surface area contributed by atoms with Crippen molar-refractivity contribution in [1.29, 1.82) is 0 Å².